The number of hydrogen-bond acceptors (Lipinski definition) is 6. The van der Waals surface area contributed by atoms with E-state index in [0.717, 1.165) is 29.5 Å². The molecule has 26 heavy (non-hydrogen) atoms. The summed E-state index contributed by atoms with van der Waals surface area (Å²) in [6.07, 6.45) is 7.35. The SMILES string of the molecule is CC(C)(C)C1CCc2sc(-c3nnc(SCCn4cccn4)o3)cc2C1. The molecule has 0 aliphatic heterocycles. The second-order valence-electron chi connectivity index (χ2n) is 7.86. The van der Waals surface area contributed by atoms with Crippen molar-refractivity contribution >= 4 is 23.1 Å². The van der Waals surface area contributed by atoms with Gasteiger partial charge in [0, 0.05) is 23.0 Å². The summed E-state index contributed by atoms with van der Waals surface area (Å²) < 4.78 is 7.79. The normalized spacial score (nSPS) is 17.4. The molecule has 0 saturated heterocycles. The first-order chi connectivity index (χ1) is 12.5. The predicted molar refractivity (Wildman–Crippen MR) is 106 cm³/mol. The van der Waals surface area contributed by atoms with Crippen LogP contribution in [0.2, 0.25) is 0 Å². The first-order valence-corrected chi connectivity index (χ1v) is 10.8. The van der Waals surface area contributed by atoms with E-state index in [9.17, 15) is 0 Å². The van der Waals surface area contributed by atoms with Gasteiger partial charge in [-0.1, -0.05) is 32.5 Å². The summed E-state index contributed by atoms with van der Waals surface area (Å²) in [6.45, 7) is 7.87. The zero-order valence-corrected chi connectivity index (χ0v) is 17.1. The molecule has 0 radical (unpaired) electrons. The van der Waals surface area contributed by atoms with Gasteiger partial charge in [-0.25, -0.2) is 0 Å². The number of thiophene rings is 1. The van der Waals surface area contributed by atoms with Crippen LogP contribution in [-0.4, -0.2) is 25.7 Å². The Bertz CT molecular complexity index is 861. The van der Waals surface area contributed by atoms with Crippen LogP contribution in [0, 0.1) is 11.3 Å². The largest absolute Gasteiger partial charge is 0.410 e. The van der Waals surface area contributed by atoms with E-state index in [1.54, 1.807) is 18.0 Å². The Balaban J connectivity index is 1.41. The van der Waals surface area contributed by atoms with Gasteiger partial charge < -0.3 is 4.42 Å². The Hall–Kier alpha value is -1.60. The first kappa shape index (κ1) is 17.8. The molecule has 0 saturated carbocycles. The van der Waals surface area contributed by atoms with Crippen LogP contribution in [0.5, 0.6) is 0 Å². The van der Waals surface area contributed by atoms with E-state index in [1.165, 1.54) is 23.3 Å². The van der Waals surface area contributed by atoms with Gasteiger partial charge in [0.05, 0.1) is 11.4 Å². The van der Waals surface area contributed by atoms with E-state index in [4.69, 9.17) is 4.42 Å². The van der Waals surface area contributed by atoms with Gasteiger partial charge in [-0.15, -0.1) is 21.5 Å². The lowest BCUT2D eigenvalue weighted by atomic mass is 9.72. The lowest BCUT2D eigenvalue weighted by molar-refractivity contribution is 0.217. The summed E-state index contributed by atoms with van der Waals surface area (Å²) in [5.74, 6) is 2.25. The Kier molecular flexibility index (Phi) is 4.92. The van der Waals surface area contributed by atoms with Crippen LogP contribution >= 0.6 is 23.1 Å². The number of rotatable bonds is 5. The van der Waals surface area contributed by atoms with Gasteiger partial charge >= 0.3 is 0 Å². The second-order valence-corrected chi connectivity index (χ2v) is 10.0. The lowest BCUT2D eigenvalue weighted by Gasteiger charge is -2.33. The molecule has 0 amide bonds. The van der Waals surface area contributed by atoms with E-state index in [1.807, 2.05) is 28.3 Å². The molecule has 0 spiro atoms. The zero-order valence-electron chi connectivity index (χ0n) is 15.4. The average Bonchev–Trinajstić information content (AvgIpc) is 3.33. The number of aromatic nitrogens is 4. The fourth-order valence-corrected chi connectivity index (χ4v) is 5.21. The summed E-state index contributed by atoms with van der Waals surface area (Å²) in [7, 11) is 0. The second kappa shape index (κ2) is 7.19. The lowest BCUT2D eigenvalue weighted by Crippen LogP contribution is -2.26. The fraction of sp³-hybridized carbons (Fsp3) is 0.526. The van der Waals surface area contributed by atoms with Crippen LogP contribution < -0.4 is 0 Å². The molecule has 1 aliphatic rings. The summed E-state index contributed by atoms with van der Waals surface area (Å²) in [5, 5.41) is 13.3. The Morgan fingerprint density at radius 1 is 1.35 bits per heavy atom. The molecule has 3 heterocycles. The van der Waals surface area contributed by atoms with Crippen molar-refractivity contribution in [3.63, 3.8) is 0 Å². The monoisotopic (exact) mass is 388 g/mol. The standard InChI is InChI=1S/C19H24N4OS2/c1-19(2,3)14-5-6-15-13(11-14)12-16(26-15)17-21-22-18(24-17)25-10-9-23-8-4-7-20-23/h4,7-8,12,14H,5-6,9-11H2,1-3H3. The van der Waals surface area contributed by atoms with Crippen LogP contribution in [0.25, 0.3) is 10.8 Å². The van der Waals surface area contributed by atoms with E-state index >= 15 is 0 Å². The van der Waals surface area contributed by atoms with Gasteiger partial charge in [-0.3, -0.25) is 4.68 Å². The van der Waals surface area contributed by atoms with Crippen molar-refractivity contribution in [1.29, 1.82) is 0 Å². The summed E-state index contributed by atoms with van der Waals surface area (Å²) >= 11 is 3.39. The van der Waals surface area contributed by atoms with Crippen LogP contribution in [-0.2, 0) is 19.4 Å². The van der Waals surface area contributed by atoms with Crippen LogP contribution in [0.3, 0.4) is 0 Å². The smallest absolute Gasteiger partial charge is 0.276 e. The van der Waals surface area contributed by atoms with E-state index < -0.39 is 0 Å². The quantitative estimate of drug-likeness (QED) is 0.580. The number of thioether (sulfide) groups is 1. The molecule has 3 aromatic rings. The highest BCUT2D eigenvalue weighted by Crippen LogP contribution is 2.42. The van der Waals surface area contributed by atoms with Crippen molar-refractivity contribution in [2.45, 2.75) is 51.8 Å². The maximum Gasteiger partial charge on any atom is 0.276 e. The molecule has 0 bridgehead atoms. The van der Waals surface area contributed by atoms with E-state index in [-0.39, 0.29) is 0 Å². The highest BCUT2D eigenvalue weighted by molar-refractivity contribution is 7.99. The molecule has 1 aliphatic carbocycles. The van der Waals surface area contributed by atoms with Gasteiger partial charge in [0.25, 0.3) is 11.1 Å². The fourth-order valence-electron chi connectivity index (χ4n) is 3.40. The molecule has 1 unspecified atom stereocenters. The van der Waals surface area contributed by atoms with Gasteiger partial charge in [-0.2, -0.15) is 5.10 Å². The van der Waals surface area contributed by atoms with Crippen molar-refractivity contribution in [2.24, 2.45) is 11.3 Å². The van der Waals surface area contributed by atoms with Crippen LogP contribution in [0.4, 0.5) is 0 Å². The van der Waals surface area contributed by atoms with Gasteiger partial charge in [-0.05, 0) is 48.3 Å². The molecule has 0 fully saturated rings. The van der Waals surface area contributed by atoms with Gasteiger partial charge in [0.2, 0.25) is 0 Å². The molecule has 138 valence electrons. The molecule has 1 atom stereocenters. The minimum absolute atomic E-state index is 0.364. The number of aryl methyl sites for hydroxylation is 2. The van der Waals surface area contributed by atoms with Crippen molar-refractivity contribution < 1.29 is 4.42 Å². The van der Waals surface area contributed by atoms with E-state index in [0.29, 0.717) is 16.5 Å². The predicted octanol–water partition coefficient (Wildman–Crippen LogP) is 4.94. The highest BCUT2D eigenvalue weighted by atomic mass is 32.2. The maximum absolute atomic E-state index is 5.88. The number of hydrogen-bond donors (Lipinski definition) is 0. The number of fused-ring (bicyclic) bond motifs is 1. The third-order valence-corrected chi connectivity index (χ3v) is 7.05. The molecule has 4 rings (SSSR count). The zero-order chi connectivity index (χ0) is 18.1. The average molecular weight is 389 g/mol. The molecule has 7 heteroatoms. The van der Waals surface area contributed by atoms with E-state index in [2.05, 4.69) is 42.1 Å². The minimum atomic E-state index is 0.364. The molecule has 0 N–H and O–H groups in total. The van der Waals surface area contributed by atoms with Crippen LogP contribution in [0.15, 0.2) is 34.2 Å². The molecule has 3 aromatic heterocycles. The molecule has 0 aromatic carbocycles. The number of nitrogens with zero attached hydrogens (tertiary/aromatic N) is 4. The van der Waals surface area contributed by atoms with Crippen molar-refractivity contribution in [3.8, 4) is 10.8 Å². The topological polar surface area (TPSA) is 56.7 Å². The Labute approximate surface area is 162 Å². The molecule has 5 nitrogen and oxygen atoms in total. The summed E-state index contributed by atoms with van der Waals surface area (Å²) in [6, 6.07) is 4.20. The third kappa shape index (κ3) is 3.88. The van der Waals surface area contributed by atoms with Crippen LogP contribution in [0.1, 0.15) is 37.6 Å². The van der Waals surface area contributed by atoms with Gasteiger partial charge in [0.15, 0.2) is 0 Å². The Morgan fingerprint density at radius 2 is 2.23 bits per heavy atom. The summed E-state index contributed by atoms with van der Waals surface area (Å²) in [4.78, 5) is 2.60. The Morgan fingerprint density at radius 3 is 3.00 bits per heavy atom. The summed E-state index contributed by atoms with van der Waals surface area (Å²) in [5.41, 5.74) is 1.84. The molecular weight excluding hydrogens is 364 g/mol. The first-order valence-electron chi connectivity index (χ1n) is 9.05. The van der Waals surface area contributed by atoms with Crippen molar-refractivity contribution in [2.75, 3.05) is 5.75 Å². The maximum atomic E-state index is 5.88. The third-order valence-electron chi connectivity index (χ3n) is 5.03. The molecular formula is C19H24N4OS2. The van der Waals surface area contributed by atoms with Gasteiger partial charge in [0.1, 0.15) is 0 Å². The highest BCUT2D eigenvalue weighted by Gasteiger charge is 2.30. The van der Waals surface area contributed by atoms with Crippen molar-refractivity contribution in [3.05, 3.63) is 35.0 Å². The van der Waals surface area contributed by atoms with Crippen molar-refractivity contribution in [1.82, 2.24) is 20.0 Å². The minimum Gasteiger partial charge on any atom is -0.410 e.